The van der Waals surface area contributed by atoms with E-state index in [4.69, 9.17) is 0 Å². The number of nitrogens with zero attached hydrogens (tertiary/aromatic N) is 4. The summed E-state index contributed by atoms with van der Waals surface area (Å²) in [5.41, 5.74) is 2.44. The summed E-state index contributed by atoms with van der Waals surface area (Å²) in [7, 11) is 0. The number of hydrogen-bond acceptors (Lipinski definition) is 5. The van der Waals surface area contributed by atoms with E-state index in [1.807, 2.05) is 44.2 Å². The Morgan fingerprint density at radius 1 is 1.00 bits per heavy atom. The molecule has 0 bridgehead atoms. The van der Waals surface area contributed by atoms with Crippen molar-refractivity contribution in [1.29, 1.82) is 0 Å². The fourth-order valence-corrected chi connectivity index (χ4v) is 5.60. The Bertz CT molecular complexity index is 1390. The highest BCUT2D eigenvalue weighted by Gasteiger charge is 2.52. The Labute approximate surface area is 238 Å². The number of carbonyl (C=O) groups excluding carboxylic acids is 3. The van der Waals surface area contributed by atoms with E-state index in [0.29, 0.717) is 13.1 Å². The third-order valence-electron chi connectivity index (χ3n) is 7.82. The van der Waals surface area contributed by atoms with Gasteiger partial charge in [-0.05, 0) is 47.9 Å². The molecule has 0 saturated carbocycles. The molecule has 214 valence electrons. The maximum Gasteiger partial charge on any atom is 0.334 e. The van der Waals surface area contributed by atoms with Gasteiger partial charge in [0.05, 0.1) is 19.1 Å². The first-order valence-corrected chi connectivity index (χ1v) is 13.8. The Kier molecular flexibility index (Phi) is 8.21. The van der Waals surface area contributed by atoms with Crippen molar-refractivity contribution in [3.8, 4) is 5.75 Å². The first kappa shape index (κ1) is 28.1. The number of rotatable bonds is 7. The van der Waals surface area contributed by atoms with Gasteiger partial charge in [0.1, 0.15) is 23.8 Å². The van der Waals surface area contributed by atoms with E-state index in [2.05, 4.69) is 5.32 Å². The summed E-state index contributed by atoms with van der Waals surface area (Å²) in [4.78, 5) is 44.6. The Morgan fingerprint density at radius 3 is 2.34 bits per heavy atom. The number of nitrogens with one attached hydrogen (secondary N) is 1. The van der Waals surface area contributed by atoms with Crippen LogP contribution in [0.3, 0.4) is 0 Å². The number of urea groups is 1. The second kappa shape index (κ2) is 12.0. The van der Waals surface area contributed by atoms with Crippen LogP contribution in [0.5, 0.6) is 5.75 Å². The average Bonchev–Trinajstić information content (AvgIpc) is 2.98. The molecule has 1 unspecified atom stereocenters. The summed E-state index contributed by atoms with van der Waals surface area (Å²) < 4.78 is 13.7. The lowest BCUT2D eigenvalue weighted by molar-refractivity contribution is -0.191. The van der Waals surface area contributed by atoms with E-state index in [1.54, 1.807) is 51.3 Å². The molecule has 3 atom stereocenters. The highest BCUT2D eigenvalue weighted by Crippen LogP contribution is 2.33. The SMILES string of the molecule is CCN1CC(=O)N2[C@@H](Cc3ccc(O)cc3)C(=O)N(C(C)c3ccc(F)cc3)C[C@@H]2N1C(=O)NCc1ccccc1. The van der Waals surface area contributed by atoms with Gasteiger partial charge in [-0.3, -0.25) is 9.59 Å². The molecule has 2 saturated heterocycles. The van der Waals surface area contributed by atoms with Crippen molar-refractivity contribution in [3.63, 3.8) is 0 Å². The highest BCUT2D eigenvalue weighted by molar-refractivity contribution is 5.92. The lowest BCUT2D eigenvalue weighted by atomic mass is 9.96. The molecule has 0 spiro atoms. The molecular weight excluding hydrogens is 525 g/mol. The number of carbonyl (C=O) groups is 3. The average molecular weight is 560 g/mol. The van der Waals surface area contributed by atoms with Crippen LogP contribution < -0.4 is 5.32 Å². The van der Waals surface area contributed by atoms with Crippen LogP contribution in [0, 0.1) is 5.82 Å². The van der Waals surface area contributed by atoms with E-state index in [0.717, 1.165) is 16.7 Å². The lowest BCUT2D eigenvalue weighted by Crippen LogP contribution is -2.76. The van der Waals surface area contributed by atoms with Gasteiger partial charge in [0, 0.05) is 19.5 Å². The van der Waals surface area contributed by atoms with Gasteiger partial charge in [0.15, 0.2) is 0 Å². The van der Waals surface area contributed by atoms with Crippen molar-refractivity contribution in [3.05, 3.63) is 101 Å². The van der Waals surface area contributed by atoms with Crippen LogP contribution in [-0.4, -0.2) is 74.6 Å². The van der Waals surface area contributed by atoms with Crippen molar-refractivity contribution in [1.82, 2.24) is 25.1 Å². The van der Waals surface area contributed by atoms with Crippen LogP contribution in [0.4, 0.5) is 9.18 Å². The number of hydrazine groups is 1. The number of phenols is 1. The zero-order valence-electron chi connectivity index (χ0n) is 23.1. The highest BCUT2D eigenvalue weighted by atomic mass is 19.1. The number of fused-ring (bicyclic) bond motifs is 1. The van der Waals surface area contributed by atoms with Crippen molar-refractivity contribution < 1.29 is 23.9 Å². The van der Waals surface area contributed by atoms with Gasteiger partial charge >= 0.3 is 6.03 Å². The largest absolute Gasteiger partial charge is 0.508 e. The van der Waals surface area contributed by atoms with Gasteiger partial charge in [0.2, 0.25) is 11.8 Å². The molecule has 4 amide bonds. The van der Waals surface area contributed by atoms with Crippen molar-refractivity contribution in [2.24, 2.45) is 0 Å². The number of amides is 4. The molecule has 5 rings (SSSR count). The molecule has 3 aromatic carbocycles. The molecule has 2 heterocycles. The number of likely N-dealkylation sites (N-methyl/N-ethyl adjacent to an activating group) is 1. The summed E-state index contributed by atoms with van der Waals surface area (Å²) in [5.74, 6) is -0.772. The first-order chi connectivity index (χ1) is 19.8. The maximum atomic E-state index is 14.1. The smallest absolute Gasteiger partial charge is 0.334 e. The predicted molar refractivity (Wildman–Crippen MR) is 151 cm³/mol. The van der Waals surface area contributed by atoms with E-state index in [-0.39, 0.29) is 48.9 Å². The standard InChI is InChI=1S/C31H34FN5O4/c1-3-34-20-29(39)36-27(17-22-9-15-26(38)16-10-22)30(40)35(21(2)24-11-13-25(32)14-12-24)19-28(36)37(34)31(41)33-18-23-7-5-4-6-8-23/h4-16,21,27-28,38H,3,17-20H2,1-2H3,(H,33,41)/t21?,27-,28-/m0/s1. The minimum atomic E-state index is -0.878. The molecule has 0 aliphatic carbocycles. The molecule has 9 nitrogen and oxygen atoms in total. The topological polar surface area (TPSA) is 96.4 Å². The minimum Gasteiger partial charge on any atom is -0.508 e. The number of hydrogen-bond donors (Lipinski definition) is 2. The fourth-order valence-electron chi connectivity index (χ4n) is 5.60. The maximum absolute atomic E-state index is 14.1. The molecular formula is C31H34FN5O4. The van der Waals surface area contributed by atoms with Gasteiger partial charge in [-0.1, -0.05) is 61.5 Å². The molecule has 3 aromatic rings. The number of piperazine rings is 1. The summed E-state index contributed by atoms with van der Waals surface area (Å²) in [6.07, 6.45) is -0.547. The second-order valence-electron chi connectivity index (χ2n) is 10.4. The third kappa shape index (κ3) is 5.88. The van der Waals surface area contributed by atoms with Crippen LogP contribution in [0.25, 0.3) is 0 Å². The number of halogens is 1. The third-order valence-corrected chi connectivity index (χ3v) is 7.82. The zero-order valence-corrected chi connectivity index (χ0v) is 23.1. The molecule has 2 aliphatic heterocycles. The van der Waals surface area contributed by atoms with E-state index in [1.165, 1.54) is 17.0 Å². The van der Waals surface area contributed by atoms with Crippen LogP contribution in [0.15, 0.2) is 78.9 Å². The summed E-state index contributed by atoms with van der Waals surface area (Å²) in [6, 6.07) is 20.4. The van der Waals surface area contributed by atoms with Gasteiger partial charge in [-0.2, -0.15) is 0 Å². The monoisotopic (exact) mass is 559 g/mol. The zero-order chi connectivity index (χ0) is 29.1. The van der Waals surface area contributed by atoms with Gasteiger partial charge in [0.25, 0.3) is 0 Å². The number of benzene rings is 3. The Hall–Kier alpha value is -4.44. The van der Waals surface area contributed by atoms with Crippen LogP contribution in [0.1, 0.15) is 36.6 Å². The molecule has 2 fully saturated rings. The second-order valence-corrected chi connectivity index (χ2v) is 10.4. The van der Waals surface area contributed by atoms with Crippen molar-refractivity contribution in [2.75, 3.05) is 19.6 Å². The normalized spacial score (nSPS) is 20.1. The molecule has 10 heteroatoms. The van der Waals surface area contributed by atoms with Crippen LogP contribution in [-0.2, 0) is 22.6 Å². The van der Waals surface area contributed by atoms with Crippen LogP contribution >= 0.6 is 0 Å². The summed E-state index contributed by atoms with van der Waals surface area (Å²) in [5, 5.41) is 16.0. The quantitative estimate of drug-likeness (QED) is 0.461. The van der Waals surface area contributed by atoms with Crippen LogP contribution in [0.2, 0.25) is 0 Å². The van der Waals surface area contributed by atoms with E-state index >= 15 is 0 Å². The van der Waals surface area contributed by atoms with Gasteiger partial charge in [-0.15, -0.1) is 0 Å². The van der Waals surface area contributed by atoms with Crippen molar-refractivity contribution >= 4 is 17.8 Å². The summed E-state index contributed by atoms with van der Waals surface area (Å²) in [6.45, 7) is 4.50. The fraction of sp³-hybridized carbons (Fsp3) is 0.323. The molecule has 0 aromatic heterocycles. The molecule has 0 radical (unpaired) electrons. The molecule has 2 N–H and O–H groups in total. The summed E-state index contributed by atoms with van der Waals surface area (Å²) >= 11 is 0. The Balaban J connectivity index is 1.50. The number of aromatic hydroxyl groups is 1. The first-order valence-electron chi connectivity index (χ1n) is 13.8. The number of phenolic OH excluding ortho intramolecular Hbond substituents is 1. The lowest BCUT2D eigenvalue weighted by Gasteiger charge is -2.56. The van der Waals surface area contributed by atoms with Crippen molar-refractivity contribution in [2.45, 2.75) is 45.1 Å². The molecule has 41 heavy (non-hydrogen) atoms. The van der Waals surface area contributed by atoms with E-state index < -0.39 is 18.2 Å². The van der Waals surface area contributed by atoms with E-state index in [9.17, 15) is 23.9 Å². The molecule has 2 aliphatic rings. The minimum absolute atomic E-state index is 0.0430. The Morgan fingerprint density at radius 2 is 1.68 bits per heavy atom. The van der Waals surface area contributed by atoms with Gasteiger partial charge < -0.3 is 20.2 Å². The predicted octanol–water partition coefficient (Wildman–Crippen LogP) is 3.66. The van der Waals surface area contributed by atoms with Gasteiger partial charge in [-0.25, -0.2) is 19.2 Å².